The molecule has 0 aromatic heterocycles. The number of ether oxygens (including phenoxy) is 1. The highest BCUT2D eigenvalue weighted by Gasteiger charge is 2.43. The first kappa shape index (κ1) is 32.4. The molecule has 50 heavy (non-hydrogen) atoms. The number of benzene rings is 6. The molecule has 0 radical (unpaired) electrons. The van der Waals surface area contributed by atoms with Crippen LogP contribution in [-0.4, -0.2) is 6.71 Å². The Morgan fingerprint density at radius 2 is 1.10 bits per heavy atom. The van der Waals surface area contributed by atoms with Crippen molar-refractivity contribution in [2.45, 2.75) is 85.5 Å². The van der Waals surface area contributed by atoms with Crippen LogP contribution in [0.15, 0.2) is 109 Å². The maximum absolute atomic E-state index is 6.88. The third-order valence-electron chi connectivity index (χ3n) is 10.8. The predicted octanol–water partition coefficient (Wildman–Crippen LogP) is 11.1. The molecule has 2 nitrogen and oxygen atoms in total. The summed E-state index contributed by atoms with van der Waals surface area (Å²) >= 11 is 0. The van der Waals surface area contributed by atoms with Crippen molar-refractivity contribution in [1.82, 2.24) is 0 Å². The van der Waals surface area contributed by atoms with E-state index < -0.39 is 0 Å². The molecule has 0 N–H and O–H groups in total. The zero-order valence-electron chi connectivity index (χ0n) is 31.3. The smallest absolute Gasteiger partial charge is 0.256 e. The van der Waals surface area contributed by atoms with Crippen molar-refractivity contribution in [3.8, 4) is 22.6 Å². The van der Waals surface area contributed by atoms with E-state index in [4.69, 9.17) is 4.74 Å². The molecule has 8 rings (SSSR count). The molecular formula is C47H48BNO. The summed E-state index contributed by atoms with van der Waals surface area (Å²) < 4.78 is 6.88. The average molecular weight is 654 g/mol. The first-order chi connectivity index (χ1) is 23.6. The van der Waals surface area contributed by atoms with Gasteiger partial charge in [0.25, 0.3) is 6.71 Å². The van der Waals surface area contributed by atoms with Gasteiger partial charge in [0.1, 0.15) is 11.5 Å². The molecule has 2 aliphatic rings. The molecule has 2 heterocycles. The van der Waals surface area contributed by atoms with Crippen LogP contribution >= 0.6 is 0 Å². The topological polar surface area (TPSA) is 12.5 Å². The lowest BCUT2D eigenvalue weighted by Gasteiger charge is -2.42. The average Bonchev–Trinajstić information content (AvgIpc) is 3.06. The predicted molar refractivity (Wildman–Crippen MR) is 216 cm³/mol. The van der Waals surface area contributed by atoms with Gasteiger partial charge >= 0.3 is 0 Å². The van der Waals surface area contributed by atoms with E-state index in [-0.39, 0.29) is 23.0 Å². The first-order valence-electron chi connectivity index (χ1n) is 18.1. The molecule has 0 saturated carbocycles. The molecule has 0 bridgehead atoms. The van der Waals surface area contributed by atoms with Crippen LogP contribution in [0.4, 0.5) is 17.1 Å². The third kappa shape index (κ3) is 5.25. The second-order valence-corrected chi connectivity index (χ2v) is 17.6. The number of rotatable bonds is 2. The molecule has 6 aromatic rings. The van der Waals surface area contributed by atoms with E-state index in [9.17, 15) is 0 Å². The largest absolute Gasteiger partial charge is 0.458 e. The van der Waals surface area contributed by atoms with Crippen molar-refractivity contribution < 1.29 is 4.74 Å². The molecule has 3 heteroatoms. The van der Waals surface area contributed by atoms with Gasteiger partial charge < -0.3 is 9.64 Å². The SMILES string of the molecule is Cc1cc2c3c(c1)N(c1ccc(C(C)(C)C)cc1-c1cccc4ccccc14)c1ccc(C(C)(C)C)cc1B3c1cc(C(C)(C)C)ccc1O2. The van der Waals surface area contributed by atoms with E-state index in [1.807, 2.05) is 0 Å². The van der Waals surface area contributed by atoms with Crippen LogP contribution in [0.5, 0.6) is 11.5 Å². The Labute approximate surface area is 299 Å². The van der Waals surface area contributed by atoms with Crippen LogP contribution in [0.1, 0.15) is 84.6 Å². The molecular weight excluding hydrogens is 605 g/mol. The summed E-state index contributed by atoms with van der Waals surface area (Å²) in [5, 5.41) is 2.51. The van der Waals surface area contributed by atoms with Gasteiger partial charge in [-0.2, -0.15) is 0 Å². The highest BCUT2D eigenvalue weighted by atomic mass is 16.5. The summed E-state index contributed by atoms with van der Waals surface area (Å²) in [6, 6.07) is 41.3. The molecule has 0 amide bonds. The van der Waals surface area contributed by atoms with Crippen LogP contribution in [0.25, 0.3) is 21.9 Å². The van der Waals surface area contributed by atoms with Crippen LogP contribution in [0, 0.1) is 6.92 Å². The Hall–Kier alpha value is -4.76. The highest BCUT2D eigenvalue weighted by molar-refractivity contribution is 6.99. The Kier molecular flexibility index (Phi) is 7.22. The Morgan fingerprint density at radius 3 is 1.80 bits per heavy atom. The van der Waals surface area contributed by atoms with Crippen LogP contribution in [-0.2, 0) is 16.2 Å². The van der Waals surface area contributed by atoms with Crippen molar-refractivity contribution in [1.29, 1.82) is 0 Å². The number of hydrogen-bond acceptors (Lipinski definition) is 2. The number of fused-ring (bicyclic) bond motifs is 5. The van der Waals surface area contributed by atoms with Crippen molar-refractivity contribution in [2.24, 2.45) is 0 Å². The molecule has 0 saturated heterocycles. The van der Waals surface area contributed by atoms with Gasteiger partial charge in [0, 0.05) is 16.9 Å². The molecule has 0 spiro atoms. The van der Waals surface area contributed by atoms with Gasteiger partial charge in [-0.05, 0) is 115 Å². The quantitative estimate of drug-likeness (QED) is 0.172. The Balaban J connectivity index is 1.47. The van der Waals surface area contributed by atoms with E-state index in [1.54, 1.807) is 0 Å². The zero-order valence-corrected chi connectivity index (χ0v) is 31.3. The number of aryl methyl sites for hydroxylation is 1. The van der Waals surface area contributed by atoms with Crippen molar-refractivity contribution in [2.75, 3.05) is 4.90 Å². The second kappa shape index (κ2) is 11.1. The Morgan fingerprint density at radius 1 is 0.500 bits per heavy atom. The minimum absolute atomic E-state index is 0.0000306. The van der Waals surface area contributed by atoms with E-state index in [1.165, 1.54) is 77.6 Å². The monoisotopic (exact) mass is 653 g/mol. The molecule has 0 unspecified atom stereocenters. The molecule has 0 aliphatic carbocycles. The third-order valence-corrected chi connectivity index (χ3v) is 10.8. The van der Waals surface area contributed by atoms with Crippen molar-refractivity contribution >= 4 is 50.9 Å². The minimum Gasteiger partial charge on any atom is -0.458 e. The minimum atomic E-state index is -0.00478. The molecule has 2 aliphatic heterocycles. The van der Waals surface area contributed by atoms with E-state index in [0.29, 0.717) is 0 Å². The second-order valence-electron chi connectivity index (χ2n) is 17.6. The standard InChI is InChI=1S/C47H48BNO/c1-29-24-41-44-43(25-29)50-42-23-20-33(47(8,9)10)28-38(42)48(44)37-27-32(46(5,6)7)19-22-40(37)49(41)39-21-18-31(45(2,3)4)26-36(39)35-17-13-15-30-14-11-12-16-34(30)35/h11-28H,1-10H3. The summed E-state index contributed by atoms with van der Waals surface area (Å²) in [5.41, 5.74) is 15.1. The van der Waals surface area contributed by atoms with Crippen LogP contribution in [0.3, 0.4) is 0 Å². The molecule has 0 fully saturated rings. The fourth-order valence-corrected chi connectivity index (χ4v) is 7.95. The van der Waals surface area contributed by atoms with Crippen molar-refractivity contribution in [3.05, 3.63) is 131 Å². The van der Waals surface area contributed by atoms with Gasteiger partial charge in [0.2, 0.25) is 0 Å². The number of anilines is 3. The van der Waals surface area contributed by atoms with E-state index >= 15 is 0 Å². The highest BCUT2D eigenvalue weighted by Crippen LogP contribution is 2.47. The van der Waals surface area contributed by atoms with E-state index in [2.05, 4.69) is 183 Å². The van der Waals surface area contributed by atoms with Gasteiger partial charge in [-0.25, -0.2) is 0 Å². The lowest BCUT2D eigenvalue weighted by atomic mass is 9.33. The molecule has 6 aromatic carbocycles. The van der Waals surface area contributed by atoms with Gasteiger partial charge in [-0.3, -0.25) is 0 Å². The fourth-order valence-electron chi connectivity index (χ4n) is 7.95. The Bertz CT molecular complexity index is 2320. The normalized spacial score (nSPS) is 13.9. The number of hydrogen-bond donors (Lipinski definition) is 0. The summed E-state index contributed by atoms with van der Waals surface area (Å²) in [5.74, 6) is 1.91. The maximum Gasteiger partial charge on any atom is 0.256 e. The summed E-state index contributed by atoms with van der Waals surface area (Å²) in [6.07, 6.45) is 0. The zero-order chi connectivity index (χ0) is 35.3. The number of nitrogens with zero attached hydrogens (tertiary/aromatic N) is 1. The molecule has 0 atom stereocenters. The van der Waals surface area contributed by atoms with Gasteiger partial charge in [0.15, 0.2) is 0 Å². The lowest BCUT2D eigenvalue weighted by Crippen LogP contribution is -2.60. The summed E-state index contributed by atoms with van der Waals surface area (Å²) in [6.45, 7) is 23.0. The first-order valence-corrected chi connectivity index (χ1v) is 18.1. The van der Waals surface area contributed by atoms with Gasteiger partial charge in [-0.1, -0.05) is 135 Å². The lowest BCUT2D eigenvalue weighted by molar-refractivity contribution is 0.486. The van der Waals surface area contributed by atoms with Crippen LogP contribution in [0.2, 0.25) is 0 Å². The summed E-state index contributed by atoms with van der Waals surface area (Å²) in [4.78, 5) is 2.54. The van der Waals surface area contributed by atoms with Crippen LogP contribution < -0.4 is 26.0 Å². The fraction of sp³-hybridized carbons (Fsp3) is 0.277. The van der Waals surface area contributed by atoms with Gasteiger partial charge in [-0.15, -0.1) is 0 Å². The van der Waals surface area contributed by atoms with Crippen molar-refractivity contribution in [3.63, 3.8) is 0 Å². The maximum atomic E-state index is 6.88. The summed E-state index contributed by atoms with van der Waals surface area (Å²) in [7, 11) is 0. The van der Waals surface area contributed by atoms with Gasteiger partial charge in [0.05, 0.1) is 5.69 Å². The molecule has 250 valence electrons. The van der Waals surface area contributed by atoms with E-state index in [0.717, 1.165) is 11.5 Å².